The highest BCUT2D eigenvalue weighted by molar-refractivity contribution is 7.89. The monoisotopic (exact) mass is 418 g/mol. The van der Waals surface area contributed by atoms with Crippen molar-refractivity contribution in [3.05, 3.63) is 67.0 Å². The number of carbonyl (C=O) groups is 2. The molecule has 0 aliphatic carbocycles. The Balaban J connectivity index is 1.96. The van der Waals surface area contributed by atoms with Gasteiger partial charge in [0.25, 0.3) is 5.91 Å². The molecule has 9 heteroatoms. The summed E-state index contributed by atoms with van der Waals surface area (Å²) in [5.74, 6) is -1.29. The lowest BCUT2D eigenvalue weighted by atomic mass is 10.2. The van der Waals surface area contributed by atoms with Crippen molar-refractivity contribution in [3.8, 4) is 5.75 Å². The molecular formula is C20H19FN2O5S. The van der Waals surface area contributed by atoms with Crippen LogP contribution in [0.25, 0.3) is 0 Å². The molecule has 0 aromatic heterocycles. The molecule has 1 unspecified atom stereocenters. The number of hydrogen-bond acceptors (Lipinski definition) is 5. The van der Waals surface area contributed by atoms with E-state index in [0.29, 0.717) is 5.75 Å². The smallest absolute Gasteiger partial charge is 0.252 e. The predicted octanol–water partition coefficient (Wildman–Crippen LogP) is 2.34. The van der Waals surface area contributed by atoms with Gasteiger partial charge in [-0.1, -0.05) is 6.08 Å². The van der Waals surface area contributed by atoms with Gasteiger partial charge in [0.05, 0.1) is 24.1 Å². The van der Waals surface area contributed by atoms with Crippen LogP contribution in [0.1, 0.15) is 6.42 Å². The van der Waals surface area contributed by atoms with E-state index >= 15 is 0 Å². The normalized spacial score (nSPS) is 17.1. The molecule has 3 rings (SSSR count). The number of hydrogen-bond donors (Lipinski definition) is 0. The molecule has 0 spiro atoms. The van der Waals surface area contributed by atoms with Crippen LogP contribution < -0.4 is 9.64 Å². The van der Waals surface area contributed by atoms with Crippen molar-refractivity contribution in [2.45, 2.75) is 17.4 Å². The van der Waals surface area contributed by atoms with Gasteiger partial charge in [0.2, 0.25) is 15.9 Å². The second kappa shape index (κ2) is 8.14. The van der Waals surface area contributed by atoms with Gasteiger partial charge in [-0.05, 0) is 48.5 Å². The molecule has 0 radical (unpaired) electrons. The molecule has 0 saturated carbocycles. The molecule has 2 aromatic rings. The van der Waals surface area contributed by atoms with Crippen LogP contribution in [0.5, 0.6) is 5.75 Å². The minimum absolute atomic E-state index is 0.0411. The molecule has 29 heavy (non-hydrogen) atoms. The molecule has 2 amide bonds. The molecule has 0 N–H and O–H groups in total. The fraction of sp³-hybridized carbons (Fsp3) is 0.200. The van der Waals surface area contributed by atoms with Crippen molar-refractivity contribution in [1.82, 2.24) is 4.31 Å². The van der Waals surface area contributed by atoms with Crippen LogP contribution in [0.2, 0.25) is 0 Å². The van der Waals surface area contributed by atoms with E-state index in [1.807, 2.05) is 0 Å². The molecule has 152 valence electrons. The summed E-state index contributed by atoms with van der Waals surface area (Å²) in [5, 5.41) is 0. The average molecular weight is 418 g/mol. The summed E-state index contributed by atoms with van der Waals surface area (Å²) in [4.78, 5) is 26.3. The summed E-state index contributed by atoms with van der Waals surface area (Å²) >= 11 is 0. The lowest BCUT2D eigenvalue weighted by Crippen LogP contribution is -2.45. The maximum absolute atomic E-state index is 13.2. The highest BCUT2D eigenvalue weighted by atomic mass is 32.2. The third kappa shape index (κ3) is 3.92. The van der Waals surface area contributed by atoms with Gasteiger partial charge in [0.1, 0.15) is 17.6 Å². The Morgan fingerprint density at radius 1 is 1.17 bits per heavy atom. The second-order valence-corrected chi connectivity index (χ2v) is 8.19. The van der Waals surface area contributed by atoms with Gasteiger partial charge in [-0.3, -0.25) is 9.59 Å². The third-order valence-electron chi connectivity index (χ3n) is 4.53. The van der Waals surface area contributed by atoms with Crippen LogP contribution in [-0.2, 0) is 19.6 Å². The lowest BCUT2D eigenvalue weighted by Gasteiger charge is -2.25. The van der Waals surface area contributed by atoms with E-state index in [2.05, 4.69) is 6.58 Å². The van der Waals surface area contributed by atoms with E-state index in [0.717, 1.165) is 21.3 Å². The highest BCUT2D eigenvalue weighted by Gasteiger charge is 2.46. The van der Waals surface area contributed by atoms with E-state index < -0.39 is 33.7 Å². The van der Waals surface area contributed by atoms with Gasteiger partial charge in [0.15, 0.2) is 0 Å². The first-order valence-corrected chi connectivity index (χ1v) is 10.1. The summed E-state index contributed by atoms with van der Waals surface area (Å²) in [6.45, 7) is 3.40. The average Bonchev–Trinajstić information content (AvgIpc) is 3.00. The first-order valence-electron chi connectivity index (χ1n) is 8.68. The van der Waals surface area contributed by atoms with Crippen molar-refractivity contribution in [3.63, 3.8) is 0 Å². The number of sulfonamides is 1. The molecule has 0 bridgehead atoms. The Bertz CT molecular complexity index is 1040. The Morgan fingerprint density at radius 3 is 2.34 bits per heavy atom. The lowest BCUT2D eigenvalue weighted by molar-refractivity contribution is -0.122. The number of benzene rings is 2. The molecule has 1 aliphatic rings. The van der Waals surface area contributed by atoms with Gasteiger partial charge in [-0.15, -0.1) is 6.58 Å². The third-order valence-corrected chi connectivity index (χ3v) is 6.42. The quantitative estimate of drug-likeness (QED) is 0.509. The zero-order chi connectivity index (χ0) is 21.2. The topological polar surface area (TPSA) is 84.0 Å². The van der Waals surface area contributed by atoms with Gasteiger partial charge in [0, 0.05) is 6.54 Å². The number of ether oxygens (including phenoxy) is 1. The Kier molecular flexibility index (Phi) is 5.81. The number of amides is 2. The van der Waals surface area contributed by atoms with E-state index in [4.69, 9.17) is 4.74 Å². The van der Waals surface area contributed by atoms with E-state index in [-0.39, 0.29) is 23.5 Å². The molecule has 1 saturated heterocycles. The Hall–Kier alpha value is -3.04. The zero-order valence-corrected chi connectivity index (χ0v) is 16.4. The van der Waals surface area contributed by atoms with Crippen LogP contribution in [0.4, 0.5) is 10.1 Å². The van der Waals surface area contributed by atoms with E-state index in [1.54, 1.807) is 0 Å². The number of nitrogens with zero attached hydrogens (tertiary/aromatic N) is 2. The van der Waals surface area contributed by atoms with Crippen LogP contribution in [0, 0.1) is 5.82 Å². The van der Waals surface area contributed by atoms with E-state index in [1.165, 1.54) is 49.6 Å². The molecule has 7 nitrogen and oxygen atoms in total. The standard InChI is InChI=1S/C20H19FN2O5S/c1-3-12-22(29(26,27)17-10-8-16(28-2)9-11-17)18-13-19(24)23(20(18)25)15-6-4-14(21)5-7-15/h3-11,18H,1,12-13H2,2H3. The fourth-order valence-electron chi connectivity index (χ4n) is 3.11. The van der Waals surface area contributed by atoms with Crippen molar-refractivity contribution in [2.24, 2.45) is 0 Å². The van der Waals surface area contributed by atoms with Gasteiger partial charge >= 0.3 is 0 Å². The fourth-order valence-corrected chi connectivity index (χ4v) is 4.66. The largest absolute Gasteiger partial charge is 0.497 e. The van der Waals surface area contributed by atoms with Crippen LogP contribution in [-0.4, -0.2) is 44.2 Å². The number of rotatable bonds is 7. The van der Waals surface area contributed by atoms with Crippen LogP contribution in [0.3, 0.4) is 0 Å². The first-order chi connectivity index (χ1) is 13.8. The summed E-state index contributed by atoms with van der Waals surface area (Å²) in [6.07, 6.45) is 1.03. The molecule has 1 fully saturated rings. The van der Waals surface area contributed by atoms with Crippen LogP contribution >= 0.6 is 0 Å². The summed E-state index contributed by atoms with van der Waals surface area (Å²) in [5.41, 5.74) is 0.185. The Labute approximate surface area is 168 Å². The summed E-state index contributed by atoms with van der Waals surface area (Å²) in [6, 6.07) is 9.32. The van der Waals surface area contributed by atoms with Crippen molar-refractivity contribution >= 4 is 27.5 Å². The second-order valence-electron chi connectivity index (χ2n) is 6.30. The molecular weight excluding hydrogens is 399 g/mol. The molecule has 2 aromatic carbocycles. The maximum atomic E-state index is 13.2. The number of anilines is 1. The van der Waals surface area contributed by atoms with Crippen molar-refractivity contribution < 1.29 is 27.1 Å². The molecule has 1 aliphatic heterocycles. The number of methoxy groups -OCH3 is 1. The van der Waals surface area contributed by atoms with Crippen LogP contribution in [0.15, 0.2) is 66.1 Å². The zero-order valence-electron chi connectivity index (χ0n) is 15.6. The van der Waals surface area contributed by atoms with Crippen molar-refractivity contribution in [1.29, 1.82) is 0 Å². The van der Waals surface area contributed by atoms with Gasteiger partial charge in [-0.2, -0.15) is 4.31 Å². The molecule has 1 atom stereocenters. The number of halogens is 1. The minimum Gasteiger partial charge on any atom is -0.497 e. The number of carbonyl (C=O) groups excluding carboxylic acids is 2. The van der Waals surface area contributed by atoms with Crippen molar-refractivity contribution in [2.75, 3.05) is 18.6 Å². The number of imide groups is 1. The van der Waals surface area contributed by atoms with Gasteiger partial charge < -0.3 is 4.74 Å². The minimum atomic E-state index is -4.09. The SMILES string of the molecule is C=CCN(C1CC(=O)N(c2ccc(F)cc2)C1=O)S(=O)(=O)c1ccc(OC)cc1. The van der Waals surface area contributed by atoms with E-state index in [9.17, 15) is 22.4 Å². The maximum Gasteiger partial charge on any atom is 0.252 e. The van der Waals surface area contributed by atoms with Gasteiger partial charge in [-0.25, -0.2) is 17.7 Å². The first kappa shape index (κ1) is 20.7. The summed E-state index contributed by atoms with van der Waals surface area (Å²) in [7, 11) is -2.63. The molecule has 1 heterocycles. The summed E-state index contributed by atoms with van der Waals surface area (Å²) < 4.78 is 45.5. The predicted molar refractivity (Wildman–Crippen MR) is 104 cm³/mol. The highest BCUT2D eigenvalue weighted by Crippen LogP contribution is 2.29. The Morgan fingerprint density at radius 2 is 1.79 bits per heavy atom.